The molecule has 1 saturated heterocycles. The Morgan fingerprint density at radius 1 is 1.21 bits per heavy atom. The molecular formula is C23H25N3O5S3. The van der Waals surface area contributed by atoms with E-state index in [0.29, 0.717) is 45.5 Å². The summed E-state index contributed by atoms with van der Waals surface area (Å²) in [6.07, 6.45) is 2.72. The molecule has 2 aromatic carbocycles. The van der Waals surface area contributed by atoms with E-state index in [1.807, 2.05) is 12.3 Å². The van der Waals surface area contributed by atoms with Gasteiger partial charge in [0.2, 0.25) is 15.9 Å². The zero-order valence-corrected chi connectivity index (χ0v) is 21.3. The van der Waals surface area contributed by atoms with Gasteiger partial charge < -0.3 is 10.1 Å². The summed E-state index contributed by atoms with van der Waals surface area (Å²) in [6.45, 7) is 2.61. The van der Waals surface area contributed by atoms with Gasteiger partial charge in [-0.3, -0.25) is 4.79 Å². The van der Waals surface area contributed by atoms with Gasteiger partial charge in [-0.1, -0.05) is 23.5 Å². The number of esters is 1. The highest BCUT2D eigenvalue weighted by atomic mass is 32.2. The maximum Gasteiger partial charge on any atom is 0.338 e. The highest BCUT2D eigenvalue weighted by Gasteiger charge is 2.33. The van der Waals surface area contributed by atoms with Crippen LogP contribution in [0.25, 0.3) is 10.2 Å². The molecule has 1 amide bonds. The van der Waals surface area contributed by atoms with Gasteiger partial charge >= 0.3 is 5.97 Å². The molecule has 3 aromatic rings. The van der Waals surface area contributed by atoms with Crippen molar-refractivity contribution in [3.05, 3.63) is 48.0 Å². The van der Waals surface area contributed by atoms with E-state index in [4.69, 9.17) is 4.74 Å². The zero-order chi connectivity index (χ0) is 24.3. The third-order valence-corrected chi connectivity index (χ3v) is 9.46. The number of thioether (sulfide) groups is 1. The molecule has 1 aromatic heterocycles. The number of anilines is 1. The topological polar surface area (TPSA) is 106 Å². The van der Waals surface area contributed by atoms with Crippen molar-refractivity contribution in [3.8, 4) is 0 Å². The van der Waals surface area contributed by atoms with E-state index in [2.05, 4.69) is 10.3 Å². The van der Waals surface area contributed by atoms with Crippen LogP contribution in [0.5, 0.6) is 0 Å². The minimum absolute atomic E-state index is 0.175. The molecule has 0 bridgehead atoms. The van der Waals surface area contributed by atoms with Crippen molar-refractivity contribution in [2.24, 2.45) is 5.92 Å². The summed E-state index contributed by atoms with van der Waals surface area (Å²) >= 11 is 2.68. The third-order valence-electron chi connectivity index (χ3n) is 5.64. The summed E-state index contributed by atoms with van der Waals surface area (Å²) in [5.74, 6) is -0.874. The molecule has 1 aliphatic rings. The Balaban J connectivity index is 1.40. The summed E-state index contributed by atoms with van der Waals surface area (Å²) in [5, 5.41) is 3.31. The molecule has 4 rings (SSSR count). The van der Waals surface area contributed by atoms with Crippen LogP contribution in [0, 0.1) is 5.92 Å². The van der Waals surface area contributed by atoms with Crippen LogP contribution in [0.4, 0.5) is 5.13 Å². The fourth-order valence-electron chi connectivity index (χ4n) is 3.86. The maximum atomic E-state index is 13.1. The molecule has 0 aliphatic carbocycles. The van der Waals surface area contributed by atoms with Crippen LogP contribution in [0.2, 0.25) is 0 Å². The molecular weight excluding hydrogens is 494 g/mol. The number of piperidine rings is 1. The van der Waals surface area contributed by atoms with E-state index in [1.54, 1.807) is 43.3 Å². The minimum Gasteiger partial charge on any atom is -0.462 e. The van der Waals surface area contributed by atoms with E-state index in [0.717, 1.165) is 4.70 Å². The van der Waals surface area contributed by atoms with E-state index in [1.165, 1.54) is 27.4 Å². The van der Waals surface area contributed by atoms with Gasteiger partial charge in [0, 0.05) is 23.9 Å². The molecule has 11 heteroatoms. The van der Waals surface area contributed by atoms with Gasteiger partial charge in [-0.05, 0) is 56.4 Å². The van der Waals surface area contributed by atoms with Gasteiger partial charge in [0.05, 0.1) is 27.3 Å². The number of fused-ring (bicyclic) bond motifs is 1. The number of nitrogens with one attached hydrogen (secondary N) is 1. The highest BCUT2D eigenvalue weighted by Crippen LogP contribution is 2.31. The number of aromatic nitrogens is 1. The van der Waals surface area contributed by atoms with Crippen molar-refractivity contribution in [1.82, 2.24) is 9.29 Å². The van der Waals surface area contributed by atoms with Crippen molar-refractivity contribution < 1.29 is 22.7 Å². The summed E-state index contributed by atoms with van der Waals surface area (Å²) in [7, 11) is -3.61. The van der Waals surface area contributed by atoms with Crippen molar-refractivity contribution in [2.45, 2.75) is 29.6 Å². The number of hydrogen-bond acceptors (Lipinski definition) is 8. The summed E-state index contributed by atoms with van der Waals surface area (Å²) in [4.78, 5) is 30.2. The van der Waals surface area contributed by atoms with Gasteiger partial charge in [0.1, 0.15) is 0 Å². The number of amides is 1. The standard InChI is InChI=1S/C23H25N3O5S3/c1-3-31-22(28)16-8-9-17-19(14-16)33-23(24-17)25-21(27)15-10-12-26(13-11-15)34(29,30)20-7-5-4-6-18(20)32-2/h4-9,14-15H,3,10-13H2,1-2H3,(H,24,25,27). The number of nitrogens with zero attached hydrogens (tertiary/aromatic N) is 2. The molecule has 34 heavy (non-hydrogen) atoms. The second-order valence-corrected chi connectivity index (χ2v) is 11.5. The minimum atomic E-state index is -3.61. The van der Waals surface area contributed by atoms with E-state index >= 15 is 0 Å². The maximum absolute atomic E-state index is 13.1. The highest BCUT2D eigenvalue weighted by molar-refractivity contribution is 7.99. The number of ether oxygens (including phenoxy) is 1. The number of benzene rings is 2. The van der Waals surface area contributed by atoms with Crippen LogP contribution < -0.4 is 5.32 Å². The fraction of sp³-hybridized carbons (Fsp3) is 0.348. The van der Waals surface area contributed by atoms with Gasteiger partial charge in [-0.15, -0.1) is 11.8 Å². The second kappa shape index (κ2) is 10.4. The predicted octanol–water partition coefficient (Wildman–Crippen LogP) is 4.23. The Morgan fingerprint density at radius 2 is 1.94 bits per heavy atom. The van der Waals surface area contributed by atoms with Crippen LogP contribution in [-0.4, -0.2) is 55.5 Å². The average Bonchev–Trinajstić information content (AvgIpc) is 3.25. The number of carbonyl (C=O) groups is 2. The van der Waals surface area contributed by atoms with Crippen molar-refractivity contribution >= 4 is 60.3 Å². The number of rotatable bonds is 7. The second-order valence-electron chi connectivity index (χ2n) is 7.74. The Morgan fingerprint density at radius 3 is 2.65 bits per heavy atom. The lowest BCUT2D eigenvalue weighted by Gasteiger charge is -2.30. The largest absolute Gasteiger partial charge is 0.462 e. The SMILES string of the molecule is CCOC(=O)c1ccc2nc(NC(=O)C3CCN(S(=O)(=O)c4ccccc4SC)CC3)sc2c1. The molecule has 0 spiro atoms. The molecule has 1 N–H and O–H groups in total. The number of thiazole rings is 1. The normalized spacial score (nSPS) is 15.4. The molecule has 180 valence electrons. The Hall–Kier alpha value is -2.47. The van der Waals surface area contributed by atoms with E-state index in [9.17, 15) is 18.0 Å². The number of sulfonamides is 1. The van der Waals surface area contributed by atoms with Crippen molar-refractivity contribution in [3.63, 3.8) is 0 Å². The van der Waals surface area contributed by atoms with Crippen LogP contribution in [-0.2, 0) is 19.6 Å². The zero-order valence-electron chi connectivity index (χ0n) is 18.8. The van der Waals surface area contributed by atoms with Crippen LogP contribution in [0.1, 0.15) is 30.1 Å². The fourth-order valence-corrected chi connectivity index (χ4v) is 7.36. The summed E-state index contributed by atoms with van der Waals surface area (Å²) in [6, 6.07) is 12.0. The molecule has 2 heterocycles. The monoisotopic (exact) mass is 519 g/mol. The quantitative estimate of drug-likeness (QED) is 0.368. The van der Waals surface area contributed by atoms with Gasteiger partial charge in [0.25, 0.3) is 0 Å². The Bertz CT molecular complexity index is 1310. The predicted molar refractivity (Wildman–Crippen MR) is 134 cm³/mol. The first-order valence-corrected chi connectivity index (χ1v) is 14.3. The lowest BCUT2D eigenvalue weighted by Crippen LogP contribution is -2.41. The first kappa shape index (κ1) is 24.6. The molecule has 0 radical (unpaired) electrons. The molecule has 0 atom stereocenters. The van der Waals surface area contributed by atoms with Crippen molar-refractivity contribution in [2.75, 3.05) is 31.3 Å². The molecule has 8 nitrogen and oxygen atoms in total. The smallest absolute Gasteiger partial charge is 0.338 e. The lowest BCUT2D eigenvalue weighted by molar-refractivity contribution is -0.120. The number of hydrogen-bond donors (Lipinski definition) is 1. The first-order chi connectivity index (χ1) is 16.3. The van der Waals surface area contributed by atoms with Gasteiger partial charge in [-0.25, -0.2) is 18.2 Å². The van der Waals surface area contributed by atoms with E-state index in [-0.39, 0.29) is 24.9 Å². The Labute approximate surface area is 206 Å². The molecule has 0 unspecified atom stereocenters. The number of carbonyl (C=O) groups excluding carboxylic acids is 2. The average molecular weight is 520 g/mol. The van der Waals surface area contributed by atoms with Gasteiger partial charge in [0.15, 0.2) is 5.13 Å². The summed E-state index contributed by atoms with van der Waals surface area (Å²) < 4.78 is 33.5. The molecule has 1 fully saturated rings. The van der Waals surface area contributed by atoms with E-state index < -0.39 is 16.0 Å². The van der Waals surface area contributed by atoms with Crippen LogP contribution >= 0.6 is 23.1 Å². The van der Waals surface area contributed by atoms with Crippen molar-refractivity contribution in [1.29, 1.82) is 0 Å². The Kier molecular flexibility index (Phi) is 7.56. The van der Waals surface area contributed by atoms with Crippen LogP contribution in [0.15, 0.2) is 52.3 Å². The lowest BCUT2D eigenvalue weighted by atomic mass is 9.97. The molecule has 0 saturated carbocycles. The first-order valence-electron chi connectivity index (χ1n) is 10.8. The third kappa shape index (κ3) is 5.12. The summed E-state index contributed by atoms with van der Waals surface area (Å²) in [5.41, 5.74) is 1.12. The molecule has 1 aliphatic heterocycles. The van der Waals surface area contributed by atoms with Gasteiger partial charge in [-0.2, -0.15) is 4.31 Å². The van der Waals surface area contributed by atoms with Crippen LogP contribution in [0.3, 0.4) is 0 Å².